The lowest BCUT2D eigenvalue weighted by Crippen LogP contribution is -2.44. The molecule has 0 spiro atoms. The van der Waals surface area contributed by atoms with E-state index < -0.39 is 11.7 Å². The van der Waals surface area contributed by atoms with Crippen LogP contribution < -0.4 is 11.1 Å². The van der Waals surface area contributed by atoms with Crippen LogP contribution in [-0.4, -0.2) is 41.4 Å². The van der Waals surface area contributed by atoms with Crippen LogP contribution in [0.5, 0.6) is 0 Å². The third-order valence-corrected chi connectivity index (χ3v) is 5.53. The molecule has 0 unspecified atom stereocenters. The van der Waals surface area contributed by atoms with Crippen molar-refractivity contribution >= 4 is 29.1 Å². The van der Waals surface area contributed by atoms with Crippen molar-refractivity contribution in [1.82, 2.24) is 4.90 Å². The summed E-state index contributed by atoms with van der Waals surface area (Å²) in [7, 11) is 0. The minimum atomic E-state index is -0.654. The number of nitrogen functional groups attached to an aromatic ring is 1. The van der Waals surface area contributed by atoms with Gasteiger partial charge in [0, 0.05) is 23.4 Å². The van der Waals surface area contributed by atoms with E-state index in [9.17, 15) is 14.4 Å². The Morgan fingerprint density at radius 1 is 0.935 bits per heavy atom. The average molecular weight is 421 g/mol. The molecule has 1 fully saturated rings. The molecule has 0 radical (unpaired) electrons. The van der Waals surface area contributed by atoms with Crippen molar-refractivity contribution in [2.75, 3.05) is 18.4 Å². The maximum atomic E-state index is 13.0. The van der Waals surface area contributed by atoms with Crippen LogP contribution in [0.2, 0.25) is 0 Å². The number of carbonyl (C=O) groups is 3. The monoisotopic (exact) mass is 420 g/mol. The topological polar surface area (TPSA) is 116 Å². The highest BCUT2D eigenvalue weighted by Gasteiger charge is 2.28. The first-order valence-corrected chi connectivity index (χ1v) is 10.6. The summed E-state index contributed by atoms with van der Waals surface area (Å²) in [6, 6.07) is 15.0. The number of carbonyl (C=O) groups excluding carboxylic acids is 3. The third kappa shape index (κ3) is 6.25. The van der Waals surface area contributed by atoms with E-state index in [1.807, 2.05) is 0 Å². The Balaban J connectivity index is 1.70. The lowest BCUT2D eigenvalue weighted by Gasteiger charge is -2.29. The molecular formula is C24H28N4O3. The van der Waals surface area contributed by atoms with Crippen LogP contribution in [0.3, 0.4) is 0 Å². The quantitative estimate of drug-likeness (QED) is 0.263. The molecule has 0 heterocycles. The highest BCUT2D eigenvalue weighted by Crippen LogP contribution is 2.24. The van der Waals surface area contributed by atoms with Gasteiger partial charge >= 0.3 is 0 Å². The van der Waals surface area contributed by atoms with Crippen LogP contribution in [-0.2, 0) is 9.59 Å². The van der Waals surface area contributed by atoms with E-state index in [1.165, 1.54) is 11.3 Å². The number of nitrogens with one attached hydrogen (secondary N) is 2. The van der Waals surface area contributed by atoms with E-state index in [0.29, 0.717) is 29.3 Å². The number of hydrogen-bond donors (Lipinski definition) is 3. The molecule has 0 bridgehead atoms. The number of hydrogen-bond acceptors (Lipinski definition) is 4. The van der Waals surface area contributed by atoms with Gasteiger partial charge in [0.05, 0.1) is 0 Å². The summed E-state index contributed by atoms with van der Waals surface area (Å²) >= 11 is 0. The Hall–Kier alpha value is -3.48. The van der Waals surface area contributed by atoms with E-state index in [0.717, 1.165) is 25.7 Å². The van der Waals surface area contributed by atoms with Gasteiger partial charge in [-0.1, -0.05) is 49.6 Å². The fourth-order valence-electron chi connectivity index (χ4n) is 3.86. The Labute approximate surface area is 182 Å². The second-order valence-electron chi connectivity index (χ2n) is 7.92. The molecular weight excluding hydrogens is 392 g/mol. The highest BCUT2D eigenvalue weighted by molar-refractivity contribution is 6.43. The molecule has 7 heteroatoms. The molecule has 0 aliphatic heterocycles. The number of Topliss-reactive ketones (excluding diaryl/α,β-unsaturated/α-hetero) is 1. The van der Waals surface area contributed by atoms with Gasteiger partial charge in [0.2, 0.25) is 11.7 Å². The number of nitrogens with zero attached hydrogens (tertiary/aromatic N) is 1. The molecule has 162 valence electrons. The van der Waals surface area contributed by atoms with Crippen LogP contribution in [0.1, 0.15) is 48.0 Å². The zero-order valence-electron chi connectivity index (χ0n) is 17.5. The summed E-state index contributed by atoms with van der Waals surface area (Å²) in [6.45, 7) is 0.205. The van der Waals surface area contributed by atoms with Crippen molar-refractivity contribution in [3.05, 3.63) is 65.7 Å². The summed E-state index contributed by atoms with van der Waals surface area (Å²) in [6.07, 6.45) is 5.39. The van der Waals surface area contributed by atoms with Gasteiger partial charge in [-0.25, -0.2) is 0 Å². The summed E-state index contributed by atoms with van der Waals surface area (Å²) in [5, 5.41) is 10.2. The normalized spacial score (nSPS) is 13.9. The predicted molar refractivity (Wildman–Crippen MR) is 120 cm³/mol. The number of ketones is 1. The third-order valence-electron chi connectivity index (χ3n) is 5.53. The Kier molecular flexibility index (Phi) is 7.54. The predicted octanol–water partition coefficient (Wildman–Crippen LogP) is 3.20. The number of anilines is 1. The van der Waals surface area contributed by atoms with Crippen LogP contribution in [0, 0.1) is 11.3 Å². The lowest BCUT2D eigenvalue weighted by atomic mass is 9.89. The molecule has 7 nitrogen and oxygen atoms in total. The molecule has 2 aromatic carbocycles. The van der Waals surface area contributed by atoms with Crippen LogP contribution in [0.25, 0.3) is 0 Å². The second kappa shape index (κ2) is 10.5. The van der Waals surface area contributed by atoms with Crippen molar-refractivity contribution < 1.29 is 14.4 Å². The van der Waals surface area contributed by atoms with Crippen molar-refractivity contribution in [2.24, 2.45) is 11.7 Å². The zero-order valence-corrected chi connectivity index (χ0v) is 17.5. The van der Waals surface area contributed by atoms with E-state index >= 15 is 0 Å². The van der Waals surface area contributed by atoms with Crippen molar-refractivity contribution in [2.45, 2.75) is 32.1 Å². The molecule has 1 aliphatic rings. The number of rotatable bonds is 8. The van der Waals surface area contributed by atoms with Crippen molar-refractivity contribution in [3.63, 3.8) is 0 Å². The average Bonchev–Trinajstić information content (AvgIpc) is 2.79. The number of amidine groups is 1. The summed E-state index contributed by atoms with van der Waals surface area (Å²) in [4.78, 5) is 39.7. The molecule has 1 saturated carbocycles. The van der Waals surface area contributed by atoms with Gasteiger partial charge in [0.15, 0.2) is 0 Å². The van der Waals surface area contributed by atoms with Gasteiger partial charge in [-0.05, 0) is 43.0 Å². The first-order valence-electron chi connectivity index (χ1n) is 10.6. The summed E-state index contributed by atoms with van der Waals surface area (Å²) < 4.78 is 0. The fraction of sp³-hybridized carbons (Fsp3) is 0.333. The molecule has 2 aromatic rings. The van der Waals surface area contributed by atoms with Gasteiger partial charge < -0.3 is 16.0 Å². The highest BCUT2D eigenvalue weighted by atomic mass is 16.2. The SMILES string of the molecule is N=C(N)c1ccc(NC(=O)CN(CC2CCCCC2)C(=O)C(=O)c2ccccc2)cc1. The van der Waals surface area contributed by atoms with Gasteiger partial charge in [0.1, 0.15) is 12.4 Å². The maximum Gasteiger partial charge on any atom is 0.295 e. The summed E-state index contributed by atoms with van der Waals surface area (Å²) in [5.41, 5.74) is 6.86. The number of benzene rings is 2. The van der Waals surface area contributed by atoms with Gasteiger partial charge in [0.25, 0.3) is 5.91 Å². The fourth-order valence-corrected chi connectivity index (χ4v) is 3.86. The van der Waals surface area contributed by atoms with Gasteiger partial charge in [-0.3, -0.25) is 19.8 Å². The Bertz CT molecular complexity index is 935. The van der Waals surface area contributed by atoms with E-state index in [1.54, 1.807) is 54.6 Å². The number of nitrogens with two attached hydrogens (primary N) is 1. The van der Waals surface area contributed by atoms with E-state index in [-0.39, 0.29) is 18.3 Å². The molecule has 0 aromatic heterocycles. The zero-order chi connectivity index (χ0) is 22.2. The molecule has 2 amide bonds. The smallest absolute Gasteiger partial charge is 0.295 e. The minimum Gasteiger partial charge on any atom is -0.384 e. The molecule has 31 heavy (non-hydrogen) atoms. The van der Waals surface area contributed by atoms with Gasteiger partial charge in [-0.15, -0.1) is 0 Å². The molecule has 0 saturated heterocycles. The maximum absolute atomic E-state index is 13.0. The largest absolute Gasteiger partial charge is 0.384 e. The minimum absolute atomic E-state index is 0.0541. The van der Waals surface area contributed by atoms with Crippen molar-refractivity contribution in [1.29, 1.82) is 5.41 Å². The molecule has 0 atom stereocenters. The number of amides is 2. The summed E-state index contributed by atoms with van der Waals surface area (Å²) in [5.74, 6) is -1.39. The lowest BCUT2D eigenvalue weighted by molar-refractivity contribution is -0.131. The standard InChI is InChI=1S/C24H28N4O3/c25-23(26)19-11-13-20(14-12-19)27-21(29)16-28(15-17-7-3-1-4-8-17)24(31)22(30)18-9-5-2-6-10-18/h2,5-6,9-14,17H,1,3-4,7-8,15-16H2,(H3,25,26)(H,27,29). The van der Waals surface area contributed by atoms with Crippen LogP contribution in [0.15, 0.2) is 54.6 Å². The second-order valence-corrected chi connectivity index (χ2v) is 7.92. The first-order chi connectivity index (χ1) is 14.9. The molecule has 3 rings (SSSR count). The molecule has 4 N–H and O–H groups in total. The van der Waals surface area contributed by atoms with E-state index in [4.69, 9.17) is 11.1 Å². The van der Waals surface area contributed by atoms with E-state index in [2.05, 4.69) is 5.32 Å². The van der Waals surface area contributed by atoms with Crippen LogP contribution in [0.4, 0.5) is 5.69 Å². The molecule has 1 aliphatic carbocycles. The Morgan fingerprint density at radius 3 is 2.19 bits per heavy atom. The first kappa shape index (κ1) is 22.2. The van der Waals surface area contributed by atoms with Gasteiger partial charge in [-0.2, -0.15) is 0 Å². The Morgan fingerprint density at radius 2 is 1.58 bits per heavy atom. The van der Waals surface area contributed by atoms with Crippen molar-refractivity contribution in [3.8, 4) is 0 Å². The van der Waals surface area contributed by atoms with Crippen LogP contribution >= 0.6 is 0 Å².